The second kappa shape index (κ2) is 21.4. The summed E-state index contributed by atoms with van der Waals surface area (Å²) >= 11 is 0. The maximum Gasteiger partial charge on any atom is 0.409 e. The molecule has 1 amide bonds. The lowest BCUT2D eigenvalue weighted by Gasteiger charge is -2.48. The number of nitrogens with zero attached hydrogens (tertiary/aromatic N) is 2. The molecule has 9 heteroatoms. The average Bonchev–Trinajstić information content (AvgIpc) is 3.54. The lowest BCUT2D eigenvalue weighted by Crippen LogP contribution is -2.65. The minimum atomic E-state index is -0.640. The number of nitrogens with one attached hydrogen (secondary N) is 2. The number of ketones is 3. The molecule has 2 atom stereocenters. The highest BCUT2D eigenvalue weighted by Crippen LogP contribution is 2.44. The third kappa shape index (κ3) is 16.6. The van der Waals surface area contributed by atoms with E-state index in [-0.39, 0.29) is 39.4 Å². The van der Waals surface area contributed by atoms with Crippen LogP contribution in [-0.4, -0.2) is 92.7 Å². The van der Waals surface area contributed by atoms with Crippen LogP contribution in [0.3, 0.4) is 0 Å². The Labute approximate surface area is 376 Å². The Bertz CT molecular complexity index is 1420. The molecule has 1 unspecified atom stereocenters. The van der Waals surface area contributed by atoms with Crippen LogP contribution in [0.15, 0.2) is 0 Å². The Hall–Kier alpha value is -1.84. The van der Waals surface area contributed by atoms with Gasteiger partial charge in [-0.3, -0.25) is 19.3 Å². The Balaban J connectivity index is 1.91. The van der Waals surface area contributed by atoms with Crippen molar-refractivity contribution in [3.63, 3.8) is 0 Å². The molecule has 9 nitrogen and oxygen atoms in total. The van der Waals surface area contributed by atoms with Gasteiger partial charge >= 0.3 is 6.09 Å². The van der Waals surface area contributed by atoms with Crippen molar-refractivity contribution in [1.29, 1.82) is 0 Å². The van der Waals surface area contributed by atoms with Gasteiger partial charge in [0.1, 0.15) is 0 Å². The van der Waals surface area contributed by atoms with E-state index in [4.69, 9.17) is 4.74 Å². The quantitative estimate of drug-likeness (QED) is 0.110. The topological polar surface area (TPSA) is 108 Å². The number of hydrogen-bond donors (Lipinski definition) is 2. The van der Waals surface area contributed by atoms with E-state index >= 15 is 0 Å². The van der Waals surface area contributed by atoms with Crippen molar-refractivity contribution >= 4 is 23.4 Å². The third-order valence-electron chi connectivity index (χ3n) is 12.9. The van der Waals surface area contributed by atoms with Crippen LogP contribution >= 0.6 is 0 Å². The zero-order chi connectivity index (χ0) is 46.9. The predicted octanol–water partition coefficient (Wildman–Crippen LogP) is 12.0. The van der Waals surface area contributed by atoms with Gasteiger partial charge in [-0.05, 0) is 120 Å². The lowest BCUT2D eigenvalue weighted by atomic mass is 9.71. The van der Waals surface area contributed by atoms with Crippen molar-refractivity contribution in [3.8, 4) is 0 Å². The van der Waals surface area contributed by atoms with Crippen LogP contribution in [0.4, 0.5) is 4.79 Å². The van der Waals surface area contributed by atoms with Gasteiger partial charge in [0.05, 0.1) is 23.2 Å². The molecule has 0 bridgehead atoms. The number of hydrogen-bond acceptors (Lipinski definition) is 8. The van der Waals surface area contributed by atoms with Gasteiger partial charge in [0.15, 0.2) is 17.3 Å². The highest BCUT2D eigenvalue weighted by atomic mass is 16.6. The number of Topliss-reactive ketones (excluding diaryl/α,β-unsaturated/α-hetero) is 3. The Morgan fingerprint density at radius 2 is 1.02 bits per heavy atom. The first-order valence-corrected chi connectivity index (χ1v) is 24.6. The summed E-state index contributed by atoms with van der Waals surface area (Å²) < 4.78 is 5.71. The van der Waals surface area contributed by atoms with Crippen LogP contribution in [0.2, 0.25) is 0 Å². The first-order valence-electron chi connectivity index (χ1n) is 24.6. The summed E-state index contributed by atoms with van der Waals surface area (Å²) in [5.41, 5.74) is -3.40. The van der Waals surface area contributed by atoms with Gasteiger partial charge in [0.2, 0.25) is 0 Å². The number of amides is 1. The number of likely N-dealkylation sites (tertiary alicyclic amines) is 2. The minimum absolute atomic E-state index is 0.0542. The van der Waals surface area contributed by atoms with E-state index in [9.17, 15) is 19.2 Å². The fourth-order valence-electron chi connectivity index (χ4n) is 10.7. The summed E-state index contributed by atoms with van der Waals surface area (Å²) in [6.45, 7) is 40.3. The summed E-state index contributed by atoms with van der Waals surface area (Å²) in [6, 6.07) is 0. The van der Waals surface area contributed by atoms with Gasteiger partial charge in [0, 0.05) is 46.0 Å². The number of carbonyl (C=O) groups excluding carboxylic acids is 4. The molecule has 0 aliphatic carbocycles. The molecule has 0 spiro atoms. The van der Waals surface area contributed by atoms with Crippen LogP contribution in [0.1, 0.15) is 234 Å². The van der Waals surface area contributed by atoms with Crippen LogP contribution in [0, 0.1) is 16.2 Å². The normalized spacial score (nSPS) is 20.7. The van der Waals surface area contributed by atoms with Crippen molar-refractivity contribution in [1.82, 2.24) is 20.4 Å². The molecule has 0 radical (unpaired) electrons. The first kappa shape index (κ1) is 55.3. The van der Waals surface area contributed by atoms with Gasteiger partial charge in [-0.1, -0.05) is 120 Å². The molecular weight excluding hydrogens is 761 g/mol. The average molecular weight is 859 g/mol. The molecule has 0 saturated carbocycles. The summed E-state index contributed by atoms with van der Waals surface area (Å²) in [5.74, 6) is 0.905. The largest absolute Gasteiger partial charge is 0.449 e. The summed E-state index contributed by atoms with van der Waals surface area (Å²) in [4.78, 5) is 59.3. The van der Waals surface area contributed by atoms with Crippen LogP contribution in [-0.2, 0) is 19.1 Å². The van der Waals surface area contributed by atoms with E-state index in [0.717, 1.165) is 103 Å². The third-order valence-corrected chi connectivity index (χ3v) is 12.9. The summed E-state index contributed by atoms with van der Waals surface area (Å²) in [5, 5.41) is 7.51. The molecular formula is C52H98N4O5. The van der Waals surface area contributed by atoms with Gasteiger partial charge in [-0.15, -0.1) is 0 Å². The molecule has 2 fully saturated rings. The second-order valence-corrected chi connectivity index (χ2v) is 25.5. The second-order valence-electron chi connectivity index (χ2n) is 25.5. The summed E-state index contributed by atoms with van der Waals surface area (Å²) in [7, 11) is 0. The van der Waals surface area contributed by atoms with Gasteiger partial charge < -0.3 is 20.3 Å². The van der Waals surface area contributed by atoms with Gasteiger partial charge in [-0.25, -0.2) is 4.79 Å². The number of piperidine rings is 1. The highest BCUT2D eigenvalue weighted by Gasteiger charge is 2.53. The number of carbonyl (C=O) groups is 4. The Morgan fingerprint density at radius 1 is 0.541 bits per heavy atom. The van der Waals surface area contributed by atoms with Crippen LogP contribution in [0.5, 0.6) is 0 Å². The van der Waals surface area contributed by atoms with Crippen molar-refractivity contribution in [3.05, 3.63) is 0 Å². The predicted molar refractivity (Wildman–Crippen MR) is 255 cm³/mol. The van der Waals surface area contributed by atoms with E-state index < -0.39 is 21.9 Å². The fraction of sp³-hybridized carbons (Fsp3) is 0.923. The fourth-order valence-corrected chi connectivity index (χ4v) is 10.7. The maximum atomic E-state index is 14.4. The van der Waals surface area contributed by atoms with Crippen LogP contribution in [0.25, 0.3) is 0 Å². The van der Waals surface area contributed by atoms with E-state index in [1.807, 2.05) is 20.8 Å². The van der Waals surface area contributed by atoms with Gasteiger partial charge in [-0.2, -0.15) is 0 Å². The standard InChI is InChI=1S/C52H98N4O5/c1-44(2,3)40(57)50(53-47(10,11)12,31-26-22-23-27-32-52(42(59)46(7,8)9)33-29-36-56(52)49(16,17)18)30-25-21-19-20-24-28-39-61-43(60)55-37-34-51(35-38-55,54-48(13,14)15)41(58)45(4,5)6/h53-54H,19-39H2,1-18H3/t50?,52-/m0/s1. The first-order chi connectivity index (χ1) is 27.6. The van der Waals surface area contributed by atoms with E-state index in [0.29, 0.717) is 44.1 Å². The molecule has 356 valence electrons. The van der Waals surface area contributed by atoms with Crippen molar-refractivity contribution < 1.29 is 23.9 Å². The molecule has 2 aliphatic rings. The monoisotopic (exact) mass is 859 g/mol. The zero-order valence-corrected chi connectivity index (χ0v) is 43.3. The van der Waals surface area contributed by atoms with Crippen molar-refractivity contribution in [2.24, 2.45) is 16.2 Å². The number of unbranched alkanes of at least 4 members (excludes halogenated alkanes) is 8. The van der Waals surface area contributed by atoms with E-state index in [2.05, 4.69) is 119 Å². The lowest BCUT2D eigenvalue weighted by molar-refractivity contribution is -0.141. The molecule has 0 aromatic rings. The van der Waals surface area contributed by atoms with E-state index in [1.54, 1.807) is 4.90 Å². The molecule has 2 N–H and O–H groups in total. The zero-order valence-electron chi connectivity index (χ0n) is 43.3. The molecule has 0 aromatic heterocycles. The minimum Gasteiger partial charge on any atom is -0.449 e. The Kier molecular flexibility index (Phi) is 19.4. The molecule has 2 aliphatic heterocycles. The molecule has 2 saturated heterocycles. The highest BCUT2D eigenvalue weighted by molar-refractivity contribution is 5.94. The van der Waals surface area contributed by atoms with E-state index in [1.165, 1.54) is 0 Å². The van der Waals surface area contributed by atoms with Crippen LogP contribution < -0.4 is 10.6 Å². The molecule has 2 heterocycles. The van der Waals surface area contributed by atoms with Gasteiger partial charge in [0.25, 0.3) is 0 Å². The Morgan fingerprint density at radius 3 is 1.46 bits per heavy atom. The van der Waals surface area contributed by atoms with Crippen molar-refractivity contribution in [2.75, 3.05) is 26.2 Å². The molecule has 61 heavy (non-hydrogen) atoms. The number of rotatable bonds is 21. The van der Waals surface area contributed by atoms with Crippen molar-refractivity contribution in [2.45, 2.75) is 267 Å². The maximum absolute atomic E-state index is 14.4. The smallest absolute Gasteiger partial charge is 0.409 e. The molecule has 0 aromatic carbocycles. The molecule has 2 rings (SSSR count). The number of ether oxygens (including phenoxy) is 1. The summed E-state index contributed by atoms with van der Waals surface area (Å²) in [6.07, 6.45) is 15.6. The SMILES string of the molecule is CC(C)(C)NC(CCCCCCCCOC(=O)N1CCC(NC(C)(C)C)(C(=O)C(C)(C)C)CC1)(CCCCCC[C@@]1(C(=O)C(C)(C)C)CCCN1C(C)(C)C)C(=O)C(C)(C)C.